The number of benzene rings is 1. The molecule has 6 nitrogen and oxygen atoms in total. The van der Waals surface area contributed by atoms with E-state index in [9.17, 15) is 9.59 Å². The lowest BCUT2D eigenvalue weighted by Gasteiger charge is -2.19. The number of carbonyl (C=O) groups excluding carboxylic acids is 1. The van der Waals surface area contributed by atoms with E-state index in [1.165, 1.54) is 0 Å². The molecule has 92 valence electrons. The highest BCUT2D eigenvalue weighted by Crippen LogP contribution is 2.07. The van der Waals surface area contributed by atoms with E-state index in [1.807, 2.05) is 0 Å². The molecule has 0 radical (unpaired) electrons. The van der Waals surface area contributed by atoms with Gasteiger partial charge in [-0.15, -0.1) is 0 Å². The van der Waals surface area contributed by atoms with E-state index in [1.54, 1.807) is 30.3 Å². The Balaban J connectivity index is 2.64. The quantitative estimate of drug-likeness (QED) is 0.472. The number of carboxylic acid groups (broad SMARTS) is 1. The molecule has 0 fully saturated rings. The van der Waals surface area contributed by atoms with Crippen LogP contribution in [0.25, 0.3) is 0 Å². The maximum atomic E-state index is 11.4. The number of aliphatic hydroxyl groups excluding tert-OH is 1. The topological polar surface area (TPSA) is 110 Å². The third-order valence-electron chi connectivity index (χ3n) is 2.21. The zero-order valence-electron chi connectivity index (χ0n) is 9.00. The molecule has 0 aliphatic heterocycles. The minimum absolute atomic E-state index is 0.0914. The highest BCUT2D eigenvalue weighted by Gasteiger charge is 2.43. The first-order valence-corrected chi connectivity index (χ1v) is 4.85. The lowest BCUT2D eigenvalue weighted by Crippen LogP contribution is -2.58. The SMILES string of the molecule is NC(CO)(C(=O)O)C(=O)OCc1ccccc1. The van der Waals surface area contributed by atoms with Crippen molar-refractivity contribution in [3.8, 4) is 0 Å². The summed E-state index contributed by atoms with van der Waals surface area (Å²) in [6, 6.07) is 8.73. The minimum Gasteiger partial charge on any atom is -0.479 e. The zero-order valence-corrected chi connectivity index (χ0v) is 9.00. The largest absolute Gasteiger partial charge is 0.479 e. The molecule has 0 aliphatic carbocycles. The van der Waals surface area contributed by atoms with Gasteiger partial charge in [-0.3, -0.25) is 0 Å². The summed E-state index contributed by atoms with van der Waals surface area (Å²) < 4.78 is 4.74. The number of aliphatic hydroxyl groups is 1. The number of carbonyl (C=O) groups is 2. The monoisotopic (exact) mass is 239 g/mol. The van der Waals surface area contributed by atoms with Crippen LogP contribution in [0.3, 0.4) is 0 Å². The van der Waals surface area contributed by atoms with Gasteiger partial charge in [0.05, 0.1) is 6.61 Å². The van der Waals surface area contributed by atoms with Crippen LogP contribution in [0.5, 0.6) is 0 Å². The molecule has 0 heterocycles. The highest BCUT2D eigenvalue weighted by molar-refractivity contribution is 6.04. The van der Waals surface area contributed by atoms with Crippen LogP contribution in [0, 0.1) is 0 Å². The fourth-order valence-corrected chi connectivity index (χ4v) is 1.07. The minimum atomic E-state index is -2.41. The molecule has 1 unspecified atom stereocenters. The second-order valence-electron chi connectivity index (χ2n) is 3.50. The second-order valence-corrected chi connectivity index (χ2v) is 3.50. The fourth-order valence-electron chi connectivity index (χ4n) is 1.07. The van der Waals surface area contributed by atoms with Crippen LogP contribution in [-0.4, -0.2) is 34.3 Å². The molecular weight excluding hydrogens is 226 g/mol. The van der Waals surface area contributed by atoms with Gasteiger partial charge in [-0.25, -0.2) is 9.59 Å². The summed E-state index contributed by atoms with van der Waals surface area (Å²) in [6.45, 7) is -1.11. The van der Waals surface area contributed by atoms with Crippen LogP contribution in [0.15, 0.2) is 30.3 Å². The lowest BCUT2D eigenvalue weighted by molar-refractivity contribution is -0.164. The Morgan fingerprint density at radius 1 is 1.29 bits per heavy atom. The predicted octanol–water partition coefficient (Wildman–Crippen LogP) is -0.496. The number of esters is 1. The summed E-state index contributed by atoms with van der Waals surface area (Å²) in [4.78, 5) is 22.1. The fraction of sp³-hybridized carbons (Fsp3) is 0.273. The molecule has 0 amide bonds. The van der Waals surface area contributed by atoms with Crippen LogP contribution < -0.4 is 5.73 Å². The standard InChI is InChI=1S/C11H13NO5/c12-11(7-13,9(14)15)10(16)17-6-8-4-2-1-3-5-8/h1-5,13H,6-7,12H2,(H,14,15). The smallest absolute Gasteiger partial charge is 0.340 e. The van der Waals surface area contributed by atoms with Crippen LogP contribution in [0.1, 0.15) is 5.56 Å². The number of ether oxygens (including phenoxy) is 1. The molecule has 0 aliphatic rings. The first-order valence-electron chi connectivity index (χ1n) is 4.85. The molecule has 0 spiro atoms. The van der Waals surface area contributed by atoms with E-state index >= 15 is 0 Å². The molecule has 0 saturated heterocycles. The molecular formula is C11H13NO5. The molecule has 0 saturated carbocycles. The van der Waals surface area contributed by atoms with E-state index in [0.717, 1.165) is 0 Å². The molecule has 4 N–H and O–H groups in total. The summed E-state index contributed by atoms with van der Waals surface area (Å²) >= 11 is 0. The van der Waals surface area contributed by atoms with Gasteiger partial charge in [-0.2, -0.15) is 0 Å². The molecule has 1 atom stereocenters. The van der Waals surface area contributed by atoms with Crippen LogP contribution in [0.4, 0.5) is 0 Å². The maximum absolute atomic E-state index is 11.4. The lowest BCUT2D eigenvalue weighted by atomic mass is 10.0. The Hall–Kier alpha value is -1.92. The van der Waals surface area contributed by atoms with Gasteiger partial charge in [-0.05, 0) is 5.56 Å². The number of nitrogens with two attached hydrogens (primary N) is 1. The van der Waals surface area contributed by atoms with Crippen molar-refractivity contribution in [2.24, 2.45) is 5.73 Å². The Bertz CT molecular complexity index is 406. The van der Waals surface area contributed by atoms with Crippen molar-refractivity contribution in [1.82, 2.24) is 0 Å². The molecule has 17 heavy (non-hydrogen) atoms. The number of hydrogen-bond acceptors (Lipinski definition) is 5. The van der Waals surface area contributed by atoms with E-state index in [4.69, 9.17) is 20.7 Å². The number of aliphatic carboxylic acids is 1. The van der Waals surface area contributed by atoms with Crippen molar-refractivity contribution in [2.75, 3.05) is 6.61 Å². The predicted molar refractivity (Wildman–Crippen MR) is 57.9 cm³/mol. The highest BCUT2D eigenvalue weighted by atomic mass is 16.5. The number of hydrogen-bond donors (Lipinski definition) is 3. The van der Waals surface area contributed by atoms with Crippen LogP contribution in [-0.2, 0) is 20.9 Å². The summed E-state index contributed by atoms with van der Waals surface area (Å²) in [6.07, 6.45) is 0. The van der Waals surface area contributed by atoms with Crippen molar-refractivity contribution >= 4 is 11.9 Å². The van der Waals surface area contributed by atoms with Gasteiger partial charge in [0, 0.05) is 0 Å². The van der Waals surface area contributed by atoms with Gasteiger partial charge in [0.1, 0.15) is 6.61 Å². The van der Waals surface area contributed by atoms with E-state index in [0.29, 0.717) is 5.56 Å². The Labute approximate surface area is 97.6 Å². The summed E-state index contributed by atoms with van der Waals surface area (Å²) in [5, 5.41) is 17.5. The van der Waals surface area contributed by atoms with Gasteiger partial charge in [-0.1, -0.05) is 30.3 Å². The normalized spacial score (nSPS) is 13.8. The number of carboxylic acids is 1. The van der Waals surface area contributed by atoms with Crippen molar-refractivity contribution < 1.29 is 24.5 Å². The first-order chi connectivity index (χ1) is 8.00. The van der Waals surface area contributed by atoms with Gasteiger partial charge in [0.2, 0.25) is 5.54 Å². The molecule has 1 rings (SSSR count). The summed E-state index contributed by atoms with van der Waals surface area (Å²) in [5.41, 5.74) is 3.52. The Morgan fingerprint density at radius 2 is 1.88 bits per heavy atom. The third-order valence-corrected chi connectivity index (χ3v) is 2.21. The van der Waals surface area contributed by atoms with E-state index < -0.39 is 24.1 Å². The zero-order chi connectivity index (χ0) is 12.9. The third kappa shape index (κ3) is 3.02. The number of rotatable bonds is 5. The maximum Gasteiger partial charge on any atom is 0.340 e. The van der Waals surface area contributed by atoms with Gasteiger partial charge >= 0.3 is 11.9 Å². The first kappa shape index (κ1) is 13.1. The Kier molecular flexibility index (Phi) is 4.19. The second kappa shape index (κ2) is 5.42. The van der Waals surface area contributed by atoms with Crippen LogP contribution >= 0.6 is 0 Å². The summed E-state index contributed by atoms with van der Waals surface area (Å²) in [5.74, 6) is -2.80. The molecule has 6 heteroatoms. The molecule has 0 bridgehead atoms. The van der Waals surface area contributed by atoms with Gasteiger partial charge in [0.15, 0.2) is 0 Å². The van der Waals surface area contributed by atoms with Crippen molar-refractivity contribution in [3.63, 3.8) is 0 Å². The van der Waals surface area contributed by atoms with Gasteiger partial charge in [0.25, 0.3) is 0 Å². The Morgan fingerprint density at radius 3 is 2.35 bits per heavy atom. The molecule has 1 aromatic rings. The van der Waals surface area contributed by atoms with Crippen molar-refractivity contribution in [2.45, 2.75) is 12.1 Å². The van der Waals surface area contributed by atoms with Gasteiger partial charge < -0.3 is 20.7 Å². The average Bonchev–Trinajstić information content (AvgIpc) is 2.35. The van der Waals surface area contributed by atoms with E-state index in [2.05, 4.69) is 0 Å². The van der Waals surface area contributed by atoms with E-state index in [-0.39, 0.29) is 6.61 Å². The van der Waals surface area contributed by atoms with Crippen molar-refractivity contribution in [1.29, 1.82) is 0 Å². The van der Waals surface area contributed by atoms with Crippen molar-refractivity contribution in [3.05, 3.63) is 35.9 Å². The summed E-state index contributed by atoms with van der Waals surface area (Å²) in [7, 11) is 0. The average molecular weight is 239 g/mol. The molecule has 1 aromatic carbocycles. The van der Waals surface area contributed by atoms with Crippen LogP contribution in [0.2, 0.25) is 0 Å². The molecule has 0 aromatic heterocycles.